The Hall–Kier alpha value is -9.04. The fourth-order valence-corrected chi connectivity index (χ4v) is 11.8. The van der Waals surface area contributed by atoms with Gasteiger partial charge in [-0.05, 0) is 72.7 Å². The minimum atomic E-state index is -1.83. The maximum atomic E-state index is 13.8. The van der Waals surface area contributed by atoms with Crippen LogP contribution in [0.1, 0.15) is 91.2 Å². The molecule has 3 aromatic carbocycles. The molecule has 0 spiro atoms. The Labute approximate surface area is 684 Å². The van der Waals surface area contributed by atoms with E-state index in [2.05, 4.69) is 43.1 Å². The van der Waals surface area contributed by atoms with Crippen molar-refractivity contribution in [1.82, 2.24) is 40.7 Å². The van der Waals surface area contributed by atoms with Gasteiger partial charge in [-0.1, -0.05) is 43.7 Å². The molecule has 0 saturated carbocycles. The third kappa shape index (κ3) is 34.7. The number of alkyl carbamates (subject to hydrolysis) is 1. The topological polar surface area (TPSA) is 485 Å². The van der Waals surface area contributed by atoms with Crippen molar-refractivity contribution in [1.29, 1.82) is 0 Å². The highest BCUT2D eigenvalue weighted by atomic mass is 16.7. The number of hydrogen-bond donors (Lipinski definition) is 10. The zero-order valence-electron chi connectivity index (χ0n) is 67.4. The molecule has 5 aromatic rings. The van der Waals surface area contributed by atoms with Crippen LogP contribution in [0.2, 0.25) is 0 Å². The van der Waals surface area contributed by atoms with Gasteiger partial charge in [0.1, 0.15) is 54.2 Å². The zero-order valence-corrected chi connectivity index (χ0v) is 67.4. The molecule has 7 amide bonds. The molecule has 2 aromatic heterocycles. The van der Waals surface area contributed by atoms with Crippen molar-refractivity contribution in [3.05, 3.63) is 101 Å². The van der Waals surface area contributed by atoms with Crippen molar-refractivity contribution in [2.45, 2.75) is 121 Å². The van der Waals surface area contributed by atoms with Crippen molar-refractivity contribution in [3.63, 3.8) is 0 Å². The minimum Gasteiger partial charge on any atom is -0.465 e. The molecule has 7 rings (SSSR count). The first-order valence-electron chi connectivity index (χ1n) is 39.7. The molecule has 0 bridgehead atoms. The molecule has 654 valence electrons. The zero-order chi connectivity index (χ0) is 84.5. The van der Waals surface area contributed by atoms with E-state index in [9.17, 15) is 58.8 Å². The minimum absolute atomic E-state index is 0.0421. The van der Waals surface area contributed by atoms with Crippen LogP contribution in [0.25, 0.3) is 21.9 Å². The summed E-state index contributed by atoms with van der Waals surface area (Å²) in [6.07, 6.45) is -4.23. The van der Waals surface area contributed by atoms with Gasteiger partial charge in [0.15, 0.2) is 5.82 Å². The number of imide groups is 1. The van der Waals surface area contributed by atoms with Gasteiger partial charge in [-0.2, -0.15) is 0 Å². The number of aliphatic hydroxyl groups excluding tert-OH is 4. The number of ether oxygens (including phenoxy) is 16. The van der Waals surface area contributed by atoms with Crippen molar-refractivity contribution < 1.29 is 135 Å². The lowest BCUT2D eigenvalue weighted by Crippen LogP contribution is -2.60. The second-order valence-corrected chi connectivity index (χ2v) is 27.0. The van der Waals surface area contributed by atoms with Crippen LogP contribution >= 0.6 is 0 Å². The van der Waals surface area contributed by atoms with Gasteiger partial charge in [0.2, 0.25) is 29.9 Å². The lowest BCUT2D eigenvalue weighted by Gasteiger charge is -2.39. The molecule has 4 heterocycles. The van der Waals surface area contributed by atoms with Gasteiger partial charge in [-0.25, -0.2) is 19.6 Å². The van der Waals surface area contributed by atoms with E-state index in [1.54, 1.807) is 19.2 Å². The third-order valence-corrected chi connectivity index (χ3v) is 18.2. The molecule has 38 heteroatoms. The first kappa shape index (κ1) is 96.1. The van der Waals surface area contributed by atoms with Crippen LogP contribution in [-0.2, 0) is 126 Å². The Morgan fingerprint density at radius 1 is 0.576 bits per heavy atom. The van der Waals surface area contributed by atoms with Crippen LogP contribution in [0, 0.1) is 0 Å². The predicted molar refractivity (Wildman–Crippen MR) is 424 cm³/mol. The number of unbranched alkanes of at least 4 members (excludes halogenated alkanes) is 2. The Bertz CT molecular complexity index is 3870. The number of nitrogens with two attached hydrogens (primary N) is 1. The van der Waals surface area contributed by atoms with E-state index in [1.165, 1.54) is 25.3 Å². The number of nitrogen functional groups attached to an aromatic ring is 1. The predicted octanol–water partition coefficient (Wildman–Crippen LogP) is 1.70. The maximum Gasteiger partial charge on any atom is 0.407 e. The number of hydrogen-bond acceptors (Lipinski definition) is 31. The number of nitrogens with zero attached hydrogens (tertiary/aromatic N) is 4. The summed E-state index contributed by atoms with van der Waals surface area (Å²) < 4.78 is 89.4. The fraction of sp³-hybridized carbons (Fsp3) is 0.600. The molecule has 11 N–H and O–H groups in total. The van der Waals surface area contributed by atoms with Gasteiger partial charge < -0.3 is 133 Å². The lowest BCUT2D eigenvalue weighted by atomic mass is 9.99. The summed E-state index contributed by atoms with van der Waals surface area (Å²) in [6.45, 7) is 10.9. The number of carbonyl (C=O) groups excluding carboxylic acids is 8. The quantitative estimate of drug-likeness (QED) is 0.0150. The molecule has 1 fully saturated rings. The molecular formula is C80H116N10O28. The van der Waals surface area contributed by atoms with Gasteiger partial charge in [0.05, 0.1) is 188 Å². The largest absolute Gasteiger partial charge is 0.465 e. The fourth-order valence-electron chi connectivity index (χ4n) is 11.8. The number of fused-ring (bicyclic) bond motifs is 3. The Kier molecular flexibility index (Phi) is 45.3. The van der Waals surface area contributed by atoms with Crippen LogP contribution in [0.3, 0.4) is 0 Å². The van der Waals surface area contributed by atoms with E-state index in [0.717, 1.165) is 57.7 Å². The van der Waals surface area contributed by atoms with E-state index >= 15 is 0 Å². The van der Waals surface area contributed by atoms with Gasteiger partial charge in [-0.15, -0.1) is 0 Å². The molecule has 6 atom stereocenters. The summed E-state index contributed by atoms with van der Waals surface area (Å²) in [5, 5.41) is 56.0. The SMILES string of the molecule is CCCCc1nc2c(N)nc3cc(C(=O)OC)ccc3c2n1Cc1ccc(CNC(=O)OCc2ccc(O[C@H]3O[C@H](CO)[C@@H](O)[C@H](O)[C@@H]3O)c(NC(=O)CCNC(=O)[C@H](CCCCNC(=O)CCOCCOCCOCCOCCOCCOCCOCCOCCOCCOCCOCCOC)NC(=O)CCN3C(=O)C=CC3=O)c2)cc1. The van der Waals surface area contributed by atoms with Gasteiger partial charge in [-0.3, -0.25) is 33.7 Å². The first-order valence-corrected chi connectivity index (χ1v) is 39.7. The van der Waals surface area contributed by atoms with Gasteiger partial charge in [0, 0.05) is 83.1 Å². The van der Waals surface area contributed by atoms with E-state index in [1.807, 2.05) is 30.3 Å². The average molecular weight is 1670 g/mol. The molecule has 0 radical (unpaired) electrons. The van der Waals surface area contributed by atoms with Crippen LogP contribution < -0.4 is 37.1 Å². The molecule has 118 heavy (non-hydrogen) atoms. The van der Waals surface area contributed by atoms with Crippen molar-refractivity contribution in [3.8, 4) is 5.75 Å². The van der Waals surface area contributed by atoms with E-state index in [-0.39, 0.29) is 101 Å². The number of anilines is 2. The van der Waals surface area contributed by atoms with E-state index < -0.39 is 85.0 Å². The molecule has 1 saturated heterocycles. The number of methoxy groups -OCH3 is 2. The molecule has 0 unspecified atom stereocenters. The summed E-state index contributed by atoms with van der Waals surface area (Å²) in [7, 11) is 2.94. The summed E-state index contributed by atoms with van der Waals surface area (Å²) >= 11 is 0. The summed E-state index contributed by atoms with van der Waals surface area (Å²) in [5.41, 5.74) is 10.6. The molecule has 38 nitrogen and oxygen atoms in total. The number of imidazole rings is 1. The number of aromatic nitrogens is 3. The molecule has 2 aliphatic heterocycles. The normalized spacial score (nSPS) is 16.2. The van der Waals surface area contributed by atoms with Crippen LogP contribution in [0.5, 0.6) is 5.75 Å². The molecule has 2 aliphatic rings. The van der Waals surface area contributed by atoms with E-state index in [0.29, 0.717) is 180 Å². The number of pyridine rings is 1. The highest BCUT2D eigenvalue weighted by Gasteiger charge is 2.45. The highest BCUT2D eigenvalue weighted by molar-refractivity contribution is 6.13. The van der Waals surface area contributed by atoms with Gasteiger partial charge in [0.25, 0.3) is 11.8 Å². The maximum absolute atomic E-state index is 13.8. The van der Waals surface area contributed by atoms with E-state index in [4.69, 9.17) is 86.5 Å². The average Bonchev–Trinajstić information content (AvgIpc) is 1.56. The number of rotatable bonds is 63. The smallest absolute Gasteiger partial charge is 0.407 e. The van der Waals surface area contributed by atoms with Crippen LogP contribution in [-0.4, -0.2) is 317 Å². The Morgan fingerprint density at radius 3 is 1.69 bits per heavy atom. The number of aliphatic hydroxyl groups is 4. The highest BCUT2D eigenvalue weighted by Crippen LogP contribution is 2.33. The third-order valence-electron chi connectivity index (χ3n) is 18.2. The van der Waals surface area contributed by atoms with Crippen LogP contribution in [0.15, 0.2) is 72.8 Å². The van der Waals surface area contributed by atoms with Crippen molar-refractivity contribution >= 4 is 80.9 Å². The second-order valence-electron chi connectivity index (χ2n) is 27.0. The van der Waals surface area contributed by atoms with Crippen LogP contribution in [0.4, 0.5) is 16.3 Å². The monoisotopic (exact) mass is 1660 g/mol. The number of esters is 1. The van der Waals surface area contributed by atoms with Crippen molar-refractivity contribution in [2.24, 2.45) is 0 Å². The number of amides is 7. The second kappa shape index (κ2) is 55.7. The number of benzene rings is 3. The molecular weight excluding hydrogens is 1550 g/mol. The standard InChI is InChI=1S/C80H116N10O28/c1-4-5-9-65-88-71-72(59-16-15-58(78(101)104-3)50-61(59)87-76(71)81)90(65)52-56-12-10-55(11-13-56)51-84-80(102)116-54-57-14-17-63(117-79-75(99)74(98)73(97)64(53-91)118-79)62(49-57)86-67(93)20-24-83-77(100)60(85-68(94)21-25-89-69(95)18-19-70(89)96)8-6-7-23-82-66(92)22-26-105-29-30-107-33-34-109-37-38-111-41-42-113-45-46-115-48-47-114-44-43-112-40-39-110-36-35-108-32-31-106-28-27-103-2/h10-19,49-50,60,64,73-75,79,91,97-99H,4-9,20-48,51-54H2,1-3H3,(H2,81,87)(H,82,92)(H,83,100)(H,84,102)(H,85,94)(H,86,93)/t60-,64+,73+,74-,75-,79-/m0/s1. The number of carbonyl (C=O) groups is 8. The van der Waals surface area contributed by atoms with Crippen molar-refractivity contribution in [2.75, 3.05) is 203 Å². The number of nitrogens with one attached hydrogen (secondary N) is 5. The summed E-state index contributed by atoms with van der Waals surface area (Å²) in [6, 6.07) is 15.8. The summed E-state index contributed by atoms with van der Waals surface area (Å²) in [4.78, 5) is 114. The van der Waals surface area contributed by atoms with Gasteiger partial charge >= 0.3 is 12.1 Å². The Morgan fingerprint density at radius 2 is 1.14 bits per heavy atom. The first-order chi connectivity index (χ1) is 57.4. The summed E-state index contributed by atoms with van der Waals surface area (Å²) in [5.74, 6) is -3.01. The lowest BCUT2D eigenvalue weighted by molar-refractivity contribution is -0.277. The number of aryl methyl sites for hydroxylation is 1. The Balaban J connectivity index is 0.774. The molecule has 0 aliphatic carbocycles.